The van der Waals surface area contributed by atoms with Crippen LogP contribution in [0, 0.1) is 0 Å². The summed E-state index contributed by atoms with van der Waals surface area (Å²) >= 11 is 0. The Kier molecular flexibility index (Phi) is 3.97. The van der Waals surface area contributed by atoms with Gasteiger partial charge in [0.15, 0.2) is 0 Å². The lowest BCUT2D eigenvalue weighted by molar-refractivity contribution is 0.513. The van der Waals surface area contributed by atoms with Crippen LogP contribution in [0.3, 0.4) is 0 Å². The molecule has 1 saturated carbocycles. The van der Waals surface area contributed by atoms with Gasteiger partial charge in [0.25, 0.3) is 0 Å². The highest BCUT2D eigenvalue weighted by Gasteiger charge is 2.41. The molecule has 116 valence electrons. The maximum absolute atomic E-state index is 2.34. The zero-order valence-electron chi connectivity index (χ0n) is 13.3. The third-order valence-electron chi connectivity index (χ3n) is 4.90. The van der Waals surface area contributed by atoms with E-state index in [1.54, 1.807) is 0 Å². The van der Waals surface area contributed by atoms with Crippen LogP contribution in [0.15, 0.2) is 106 Å². The van der Waals surface area contributed by atoms with Crippen LogP contribution in [0.2, 0.25) is 0 Å². The van der Waals surface area contributed by atoms with Crippen molar-refractivity contribution in [3.05, 3.63) is 91.0 Å². The minimum absolute atomic E-state index is 0.759. The van der Waals surface area contributed by atoms with Gasteiger partial charge in [0.05, 0.1) is 0 Å². The molecule has 1 aliphatic carbocycles. The van der Waals surface area contributed by atoms with E-state index in [0.29, 0.717) is 0 Å². The molecule has 0 unspecified atom stereocenters. The second-order valence-electron chi connectivity index (χ2n) is 6.15. The van der Waals surface area contributed by atoms with Gasteiger partial charge in [-0.25, -0.2) is 0 Å². The zero-order valence-corrected chi connectivity index (χ0v) is 14.1. The van der Waals surface area contributed by atoms with Gasteiger partial charge >= 0.3 is 0 Å². The van der Waals surface area contributed by atoms with E-state index >= 15 is 0 Å². The number of hydrogen-bond acceptors (Lipinski definition) is 0. The molecule has 0 saturated heterocycles. The predicted molar refractivity (Wildman–Crippen MR) is 99.4 cm³/mol. The third-order valence-corrected chi connectivity index (χ3v) is 9.42. The first-order chi connectivity index (χ1) is 11.4. The Morgan fingerprint density at radius 2 is 0.870 bits per heavy atom. The van der Waals surface area contributed by atoms with E-state index in [1.165, 1.54) is 33.9 Å². The van der Waals surface area contributed by atoms with E-state index in [-0.39, 0.29) is 0 Å². The maximum atomic E-state index is 2.34. The Morgan fingerprint density at radius 1 is 0.522 bits per heavy atom. The molecule has 3 aromatic rings. The molecule has 0 aromatic heterocycles. The molecule has 23 heavy (non-hydrogen) atoms. The lowest BCUT2D eigenvalue weighted by Crippen LogP contribution is -2.26. The molecule has 0 aliphatic heterocycles. The van der Waals surface area contributed by atoms with Gasteiger partial charge in [-0.2, -0.15) is 10.0 Å². The van der Waals surface area contributed by atoms with Crippen molar-refractivity contribution in [1.82, 2.24) is 0 Å². The van der Waals surface area contributed by atoms with Crippen LogP contribution in [0.25, 0.3) is 0 Å². The summed E-state index contributed by atoms with van der Waals surface area (Å²) in [6.45, 7) is 0. The van der Waals surface area contributed by atoms with Crippen LogP contribution >= 0.6 is 10.0 Å². The Bertz CT molecular complexity index is 649. The van der Waals surface area contributed by atoms with Crippen molar-refractivity contribution in [2.45, 2.75) is 39.2 Å². The monoisotopic (exact) mass is 318 g/mol. The van der Waals surface area contributed by atoms with Gasteiger partial charge in [-0.1, -0.05) is 61.0 Å². The molecular weight excluding hydrogens is 296 g/mol. The standard InChI is InChI=1S/C22H22S/c1-4-11-19(12-5-1)23(22-17-10-18-22,20-13-6-2-7-14-20)21-15-8-3-9-16-21/h1-9,11-16,22H,10,17-18H2. The Balaban J connectivity index is 2.02. The highest BCUT2D eigenvalue weighted by molar-refractivity contribution is 8.34. The predicted octanol–water partition coefficient (Wildman–Crippen LogP) is 6.52. The number of rotatable bonds is 4. The van der Waals surface area contributed by atoms with Crippen LogP contribution < -0.4 is 0 Å². The molecule has 1 heteroatoms. The molecule has 0 N–H and O–H groups in total. The van der Waals surface area contributed by atoms with E-state index in [4.69, 9.17) is 0 Å². The summed E-state index contributed by atoms with van der Waals surface area (Å²) in [5.41, 5.74) is 0. The zero-order chi connectivity index (χ0) is 15.5. The Hall–Kier alpha value is -1.99. The minimum Gasteiger partial charge on any atom is -0.157 e. The molecule has 0 radical (unpaired) electrons. The first kappa shape index (κ1) is 14.6. The summed E-state index contributed by atoms with van der Waals surface area (Å²) in [7, 11) is -1.17. The normalized spacial score (nSPS) is 15.8. The summed E-state index contributed by atoms with van der Waals surface area (Å²) < 4.78 is 0. The average Bonchev–Trinajstić information content (AvgIpc) is 2.60. The van der Waals surface area contributed by atoms with Crippen molar-refractivity contribution in [3.63, 3.8) is 0 Å². The van der Waals surface area contributed by atoms with E-state index in [2.05, 4.69) is 91.0 Å². The molecular formula is C22H22S. The van der Waals surface area contributed by atoms with Gasteiger partial charge in [-0.15, -0.1) is 0 Å². The molecule has 0 nitrogen and oxygen atoms in total. The molecule has 3 aromatic carbocycles. The molecule has 0 atom stereocenters. The van der Waals surface area contributed by atoms with Gasteiger partial charge in [0.1, 0.15) is 0 Å². The smallest absolute Gasteiger partial charge is 0.000706 e. The van der Waals surface area contributed by atoms with Gasteiger partial charge in [0, 0.05) is 5.25 Å². The summed E-state index contributed by atoms with van der Waals surface area (Å²) in [5.74, 6) is 0. The molecule has 0 amide bonds. The van der Waals surface area contributed by atoms with Crippen LogP contribution in [0.1, 0.15) is 19.3 Å². The van der Waals surface area contributed by atoms with Crippen molar-refractivity contribution >= 4 is 10.0 Å². The molecule has 0 heterocycles. The van der Waals surface area contributed by atoms with Gasteiger partial charge in [0.2, 0.25) is 0 Å². The first-order valence-corrected chi connectivity index (χ1v) is 10.1. The Labute approximate surface area is 140 Å². The lowest BCUT2D eigenvalue weighted by atomic mass is 10.00. The lowest BCUT2D eigenvalue weighted by Gasteiger charge is -2.51. The highest BCUT2D eigenvalue weighted by Crippen LogP contribution is 2.74. The molecule has 1 aliphatic rings. The number of benzene rings is 3. The van der Waals surface area contributed by atoms with Crippen LogP contribution in [0.5, 0.6) is 0 Å². The van der Waals surface area contributed by atoms with E-state index in [1.807, 2.05) is 0 Å². The van der Waals surface area contributed by atoms with Gasteiger partial charge < -0.3 is 0 Å². The van der Waals surface area contributed by atoms with E-state index in [0.717, 1.165) is 5.25 Å². The molecule has 0 bridgehead atoms. The van der Waals surface area contributed by atoms with Crippen LogP contribution in [-0.4, -0.2) is 5.25 Å². The summed E-state index contributed by atoms with van der Waals surface area (Å²) in [4.78, 5) is 4.51. The second-order valence-corrected chi connectivity index (χ2v) is 9.55. The van der Waals surface area contributed by atoms with Crippen molar-refractivity contribution in [3.8, 4) is 0 Å². The topological polar surface area (TPSA) is 0 Å². The summed E-state index contributed by atoms with van der Waals surface area (Å²) in [5, 5.41) is 0.759. The quantitative estimate of drug-likeness (QED) is 0.513. The van der Waals surface area contributed by atoms with Crippen molar-refractivity contribution in [2.24, 2.45) is 0 Å². The van der Waals surface area contributed by atoms with Crippen molar-refractivity contribution in [2.75, 3.05) is 0 Å². The summed E-state index contributed by atoms with van der Waals surface area (Å²) in [6, 6.07) is 33.6. The largest absolute Gasteiger partial charge is 0.157 e. The third kappa shape index (κ3) is 2.40. The van der Waals surface area contributed by atoms with Crippen LogP contribution in [-0.2, 0) is 0 Å². The van der Waals surface area contributed by atoms with Gasteiger partial charge in [-0.3, -0.25) is 0 Å². The van der Waals surface area contributed by atoms with Crippen molar-refractivity contribution in [1.29, 1.82) is 0 Å². The summed E-state index contributed by atoms with van der Waals surface area (Å²) in [6.07, 6.45) is 4.05. The molecule has 4 rings (SSSR count). The fourth-order valence-electron chi connectivity index (χ4n) is 3.62. The van der Waals surface area contributed by atoms with Crippen LogP contribution in [0.4, 0.5) is 0 Å². The fourth-order valence-corrected chi connectivity index (χ4v) is 8.39. The SMILES string of the molecule is c1ccc(S(c2ccccc2)(c2ccccc2)C2CCC2)cc1. The molecule has 1 fully saturated rings. The number of hydrogen-bond donors (Lipinski definition) is 0. The van der Waals surface area contributed by atoms with Crippen molar-refractivity contribution < 1.29 is 0 Å². The van der Waals surface area contributed by atoms with E-state index in [9.17, 15) is 0 Å². The van der Waals surface area contributed by atoms with E-state index < -0.39 is 10.0 Å². The minimum atomic E-state index is -1.17. The second kappa shape index (κ2) is 6.25. The first-order valence-electron chi connectivity index (χ1n) is 8.40. The fraction of sp³-hybridized carbons (Fsp3) is 0.182. The van der Waals surface area contributed by atoms with Gasteiger partial charge in [-0.05, 0) is 63.9 Å². The Morgan fingerprint density at radius 3 is 1.13 bits per heavy atom. The molecule has 0 spiro atoms. The highest BCUT2D eigenvalue weighted by atomic mass is 32.3. The average molecular weight is 318 g/mol. The maximum Gasteiger partial charge on any atom is 0.000706 e.